The number of nitrogens with zero attached hydrogens (tertiary/aromatic N) is 2. The largest absolute Gasteiger partial charge is 0.494 e. The van der Waals surface area contributed by atoms with Crippen molar-refractivity contribution < 1.29 is 22.6 Å². The molecule has 35 heavy (non-hydrogen) atoms. The Kier molecular flexibility index (Phi) is 8.43. The lowest BCUT2D eigenvalue weighted by Crippen LogP contribution is -2.22. The first-order valence-electron chi connectivity index (χ1n) is 11.5. The Labute approximate surface area is 203 Å². The third-order valence-electron chi connectivity index (χ3n) is 4.76. The maximum Gasteiger partial charge on any atom is 0.421 e. The van der Waals surface area contributed by atoms with Gasteiger partial charge >= 0.3 is 6.18 Å². The van der Waals surface area contributed by atoms with Crippen LogP contribution in [0.3, 0.4) is 0 Å². The molecule has 2 aromatic carbocycles. The number of nitrogens with one attached hydrogen (secondary N) is 2. The molecule has 3 aromatic rings. The topological polar surface area (TPSA) is 68.3 Å². The smallest absolute Gasteiger partial charge is 0.421 e. The second-order valence-electron chi connectivity index (χ2n) is 9.02. The molecule has 0 radical (unpaired) electrons. The highest BCUT2D eigenvalue weighted by Crippen LogP contribution is 2.35. The number of rotatable bonds is 10. The van der Waals surface area contributed by atoms with Gasteiger partial charge in [-0.2, -0.15) is 18.2 Å². The molecular weight excluding hydrogens is 457 g/mol. The van der Waals surface area contributed by atoms with E-state index in [1.54, 1.807) is 48.5 Å². The molecule has 0 aliphatic heterocycles. The van der Waals surface area contributed by atoms with Gasteiger partial charge in [-0.3, -0.25) is 0 Å². The van der Waals surface area contributed by atoms with Gasteiger partial charge in [-0.25, -0.2) is 4.98 Å². The highest BCUT2D eigenvalue weighted by atomic mass is 19.4. The van der Waals surface area contributed by atoms with E-state index in [0.29, 0.717) is 23.7 Å². The summed E-state index contributed by atoms with van der Waals surface area (Å²) >= 11 is 0. The third-order valence-corrected chi connectivity index (χ3v) is 4.76. The summed E-state index contributed by atoms with van der Waals surface area (Å²) in [6, 6.07) is 13.7. The fourth-order valence-electron chi connectivity index (χ4n) is 3.15. The van der Waals surface area contributed by atoms with E-state index >= 15 is 0 Å². The van der Waals surface area contributed by atoms with Crippen molar-refractivity contribution in [2.75, 3.05) is 17.2 Å². The number of anilines is 4. The highest BCUT2D eigenvalue weighted by Gasteiger charge is 2.35. The quantitative estimate of drug-likeness (QED) is 0.285. The van der Waals surface area contributed by atoms with Gasteiger partial charge in [-0.15, -0.1) is 0 Å². The molecule has 0 fully saturated rings. The Morgan fingerprint density at radius 2 is 1.43 bits per heavy atom. The maximum absolute atomic E-state index is 13.6. The van der Waals surface area contributed by atoms with E-state index in [1.807, 2.05) is 20.8 Å². The lowest BCUT2D eigenvalue weighted by atomic mass is 10.2. The fraction of sp³-hybridized carbons (Fsp3) is 0.385. The Balaban J connectivity index is 1.74. The van der Waals surface area contributed by atoms with Crippen LogP contribution in [0.25, 0.3) is 0 Å². The average Bonchev–Trinajstić information content (AvgIpc) is 2.78. The zero-order chi connectivity index (χ0) is 25.5. The molecule has 9 heteroatoms. The third kappa shape index (κ3) is 8.35. The number of aromatic nitrogens is 2. The van der Waals surface area contributed by atoms with Crippen LogP contribution in [0.5, 0.6) is 11.5 Å². The SMILES string of the molecule is CCCCCOc1ccc(Nc2ncc(C(F)(F)F)c(Nc3ccc(OC(C)(C)C)cc3)n2)cc1. The van der Waals surface area contributed by atoms with Crippen molar-refractivity contribution in [3.05, 3.63) is 60.3 Å². The van der Waals surface area contributed by atoms with Gasteiger partial charge in [0.05, 0.1) is 6.61 Å². The first-order valence-corrected chi connectivity index (χ1v) is 11.5. The molecule has 6 nitrogen and oxygen atoms in total. The monoisotopic (exact) mass is 488 g/mol. The van der Waals surface area contributed by atoms with E-state index < -0.39 is 11.7 Å². The summed E-state index contributed by atoms with van der Waals surface area (Å²) in [4.78, 5) is 7.94. The summed E-state index contributed by atoms with van der Waals surface area (Å²) in [5.41, 5.74) is -0.287. The van der Waals surface area contributed by atoms with Crippen LogP contribution in [-0.2, 0) is 6.18 Å². The van der Waals surface area contributed by atoms with Gasteiger partial charge in [-0.1, -0.05) is 19.8 Å². The molecule has 188 valence electrons. The van der Waals surface area contributed by atoms with Crippen LogP contribution in [0.4, 0.5) is 36.3 Å². The Hall–Kier alpha value is -3.49. The van der Waals surface area contributed by atoms with E-state index in [9.17, 15) is 13.2 Å². The molecule has 1 aromatic heterocycles. The van der Waals surface area contributed by atoms with Crippen LogP contribution in [0.1, 0.15) is 52.5 Å². The minimum atomic E-state index is -4.62. The first kappa shape index (κ1) is 26.1. The van der Waals surface area contributed by atoms with Crippen molar-refractivity contribution in [3.63, 3.8) is 0 Å². The Bertz CT molecular complexity index is 1080. The molecule has 0 saturated heterocycles. The number of hydrogen-bond acceptors (Lipinski definition) is 6. The maximum atomic E-state index is 13.6. The second kappa shape index (κ2) is 11.3. The number of benzene rings is 2. The van der Waals surface area contributed by atoms with E-state index in [4.69, 9.17) is 9.47 Å². The molecule has 0 unspecified atom stereocenters. The molecule has 0 atom stereocenters. The molecule has 3 rings (SSSR count). The summed E-state index contributed by atoms with van der Waals surface area (Å²) in [5, 5.41) is 5.69. The molecule has 2 N–H and O–H groups in total. The zero-order valence-electron chi connectivity index (χ0n) is 20.4. The standard InChI is InChI=1S/C26H31F3N4O2/c1-5-6-7-16-34-20-12-8-19(9-13-20)32-24-30-17-22(26(27,28)29)23(33-24)31-18-10-14-21(15-11-18)35-25(2,3)4/h8-15,17H,5-7,16H2,1-4H3,(H2,30,31,32,33). The summed E-state index contributed by atoms with van der Waals surface area (Å²) in [5.74, 6) is 1.02. The van der Waals surface area contributed by atoms with Crippen molar-refractivity contribution in [3.8, 4) is 11.5 Å². The van der Waals surface area contributed by atoms with Crippen LogP contribution in [0, 0.1) is 0 Å². The van der Waals surface area contributed by atoms with Crippen molar-refractivity contribution in [2.45, 2.75) is 58.7 Å². The highest BCUT2D eigenvalue weighted by molar-refractivity contribution is 5.63. The van der Waals surface area contributed by atoms with Gasteiger partial charge in [0.1, 0.15) is 28.5 Å². The van der Waals surface area contributed by atoms with Crippen LogP contribution >= 0.6 is 0 Å². The molecule has 0 amide bonds. The van der Waals surface area contributed by atoms with Crippen molar-refractivity contribution in [1.29, 1.82) is 0 Å². The van der Waals surface area contributed by atoms with Gasteiger partial charge in [-0.05, 0) is 75.7 Å². The van der Waals surface area contributed by atoms with E-state index in [0.717, 1.165) is 31.2 Å². The molecule has 0 aliphatic rings. The number of halogens is 3. The van der Waals surface area contributed by atoms with Gasteiger partial charge in [0.25, 0.3) is 0 Å². The Morgan fingerprint density at radius 3 is 2.00 bits per heavy atom. The minimum absolute atomic E-state index is 0.0322. The van der Waals surface area contributed by atoms with Crippen LogP contribution in [0.15, 0.2) is 54.7 Å². The average molecular weight is 489 g/mol. The second-order valence-corrected chi connectivity index (χ2v) is 9.02. The predicted molar refractivity (Wildman–Crippen MR) is 132 cm³/mol. The van der Waals surface area contributed by atoms with Crippen LogP contribution < -0.4 is 20.1 Å². The zero-order valence-corrected chi connectivity index (χ0v) is 20.4. The Morgan fingerprint density at radius 1 is 0.829 bits per heavy atom. The fourth-order valence-corrected chi connectivity index (χ4v) is 3.15. The summed E-state index contributed by atoms with van der Waals surface area (Å²) < 4.78 is 52.2. The van der Waals surface area contributed by atoms with Crippen LogP contribution in [0.2, 0.25) is 0 Å². The molecule has 0 aliphatic carbocycles. The van der Waals surface area contributed by atoms with Gasteiger partial charge < -0.3 is 20.1 Å². The predicted octanol–water partition coefficient (Wildman–Crippen LogP) is 7.73. The lowest BCUT2D eigenvalue weighted by molar-refractivity contribution is -0.137. The van der Waals surface area contributed by atoms with E-state index in [2.05, 4.69) is 27.5 Å². The molecule has 0 bridgehead atoms. The van der Waals surface area contributed by atoms with E-state index in [1.165, 1.54) is 0 Å². The minimum Gasteiger partial charge on any atom is -0.494 e. The number of alkyl halides is 3. The van der Waals surface area contributed by atoms with Gasteiger partial charge in [0.2, 0.25) is 5.95 Å². The van der Waals surface area contributed by atoms with Crippen molar-refractivity contribution in [2.24, 2.45) is 0 Å². The normalized spacial score (nSPS) is 11.7. The number of unbranched alkanes of at least 4 members (excludes halogenated alkanes) is 2. The van der Waals surface area contributed by atoms with Crippen LogP contribution in [-0.4, -0.2) is 22.2 Å². The van der Waals surface area contributed by atoms with Crippen molar-refractivity contribution >= 4 is 23.1 Å². The number of ether oxygens (including phenoxy) is 2. The lowest BCUT2D eigenvalue weighted by Gasteiger charge is -2.21. The summed E-state index contributed by atoms with van der Waals surface area (Å²) in [6.45, 7) is 8.51. The van der Waals surface area contributed by atoms with Gasteiger partial charge in [0, 0.05) is 17.6 Å². The van der Waals surface area contributed by atoms with E-state index in [-0.39, 0.29) is 17.4 Å². The number of hydrogen-bond donors (Lipinski definition) is 2. The van der Waals surface area contributed by atoms with Gasteiger partial charge in [0.15, 0.2) is 0 Å². The molecule has 0 saturated carbocycles. The van der Waals surface area contributed by atoms with Crippen molar-refractivity contribution in [1.82, 2.24) is 9.97 Å². The molecule has 1 heterocycles. The summed E-state index contributed by atoms with van der Waals surface area (Å²) in [7, 11) is 0. The molecule has 0 spiro atoms. The molecular formula is C26H31F3N4O2. The first-order chi connectivity index (χ1) is 16.5. The summed E-state index contributed by atoms with van der Waals surface area (Å²) in [6.07, 6.45) is -0.645.